The Morgan fingerprint density at radius 2 is 1.93 bits per heavy atom. The van der Waals surface area contributed by atoms with Crippen LogP contribution in [0.15, 0.2) is 24.3 Å². The molecule has 2 unspecified atom stereocenters. The lowest BCUT2D eigenvalue weighted by molar-refractivity contribution is 0.862. The van der Waals surface area contributed by atoms with Crippen molar-refractivity contribution in [1.82, 2.24) is 0 Å². The Kier molecular flexibility index (Phi) is 2.83. The molecule has 0 aromatic heterocycles. The van der Waals surface area contributed by atoms with Gasteiger partial charge in [0.1, 0.15) is 0 Å². The molecule has 1 aromatic rings. The molecular weight excluding hydrogens is 192 g/mol. The van der Waals surface area contributed by atoms with Crippen molar-refractivity contribution < 1.29 is 0 Å². The summed E-state index contributed by atoms with van der Waals surface area (Å²) in [5.74, 6) is 2.93. The van der Waals surface area contributed by atoms with Crippen LogP contribution in [0.5, 0.6) is 0 Å². The lowest BCUT2D eigenvalue weighted by Crippen LogP contribution is -1.89. The van der Waals surface area contributed by atoms with E-state index in [4.69, 9.17) is 11.6 Å². The fourth-order valence-electron chi connectivity index (χ4n) is 1.95. The van der Waals surface area contributed by atoms with Crippen LogP contribution in [0.25, 0.3) is 0 Å². The predicted octanol–water partition coefficient (Wildman–Crippen LogP) is 4.15. The zero-order valence-corrected chi connectivity index (χ0v) is 9.59. The number of rotatable bonds is 3. The van der Waals surface area contributed by atoms with E-state index in [-0.39, 0.29) is 0 Å². The molecule has 1 heteroatoms. The van der Waals surface area contributed by atoms with Crippen LogP contribution in [0, 0.1) is 5.92 Å². The molecule has 0 N–H and O–H groups in total. The molecule has 2 atom stereocenters. The molecule has 0 heterocycles. The van der Waals surface area contributed by atoms with E-state index >= 15 is 0 Å². The number of hydrogen-bond acceptors (Lipinski definition) is 0. The SMILES string of the molecule is CC(C)c1ccc(C2CC2CCl)cc1. The maximum Gasteiger partial charge on any atom is 0.0257 e. The first-order valence-corrected chi connectivity index (χ1v) is 5.91. The van der Waals surface area contributed by atoms with Gasteiger partial charge < -0.3 is 0 Å². The normalized spacial score (nSPS) is 25.4. The van der Waals surface area contributed by atoms with E-state index in [2.05, 4.69) is 38.1 Å². The highest BCUT2D eigenvalue weighted by molar-refractivity contribution is 6.18. The molecule has 1 aliphatic carbocycles. The molecule has 1 aromatic carbocycles. The minimum Gasteiger partial charge on any atom is -0.126 e. The Morgan fingerprint density at radius 1 is 1.29 bits per heavy atom. The summed E-state index contributed by atoms with van der Waals surface area (Å²) in [6.07, 6.45) is 1.28. The summed E-state index contributed by atoms with van der Waals surface area (Å²) in [6.45, 7) is 4.46. The van der Waals surface area contributed by atoms with Crippen molar-refractivity contribution in [3.05, 3.63) is 35.4 Å². The molecule has 0 spiro atoms. The zero-order valence-electron chi connectivity index (χ0n) is 8.83. The standard InChI is InChI=1S/C13H17Cl/c1-9(2)10-3-5-11(6-4-10)13-7-12(13)8-14/h3-6,9,12-13H,7-8H2,1-2H3. The van der Waals surface area contributed by atoms with Crippen LogP contribution in [-0.4, -0.2) is 5.88 Å². The quantitative estimate of drug-likeness (QED) is 0.655. The fraction of sp³-hybridized carbons (Fsp3) is 0.538. The van der Waals surface area contributed by atoms with Crippen LogP contribution in [0.2, 0.25) is 0 Å². The largest absolute Gasteiger partial charge is 0.126 e. The van der Waals surface area contributed by atoms with Crippen LogP contribution >= 0.6 is 11.6 Å². The zero-order chi connectivity index (χ0) is 10.1. The Bertz CT molecular complexity index is 300. The van der Waals surface area contributed by atoms with Gasteiger partial charge in [-0.2, -0.15) is 0 Å². The highest BCUT2D eigenvalue weighted by atomic mass is 35.5. The molecule has 0 amide bonds. The predicted molar refractivity (Wildman–Crippen MR) is 62.1 cm³/mol. The fourth-order valence-corrected chi connectivity index (χ4v) is 2.30. The van der Waals surface area contributed by atoms with Crippen molar-refractivity contribution in [2.24, 2.45) is 5.92 Å². The smallest absolute Gasteiger partial charge is 0.0257 e. The molecule has 1 aliphatic rings. The maximum atomic E-state index is 5.83. The van der Waals surface area contributed by atoms with E-state index in [0.29, 0.717) is 5.92 Å². The van der Waals surface area contributed by atoms with E-state index < -0.39 is 0 Å². The Morgan fingerprint density at radius 3 is 2.36 bits per heavy atom. The van der Waals surface area contributed by atoms with E-state index in [1.165, 1.54) is 17.5 Å². The first kappa shape index (κ1) is 10.0. The van der Waals surface area contributed by atoms with Gasteiger partial charge in [-0.05, 0) is 35.3 Å². The average molecular weight is 209 g/mol. The molecule has 1 saturated carbocycles. The van der Waals surface area contributed by atoms with Crippen molar-refractivity contribution in [2.45, 2.75) is 32.1 Å². The maximum absolute atomic E-state index is 5.83. The minimum absolute atomic E-state index is 0.632. The van der Waals surface area contributed by atoms with Gasteiger partial charge in [-0.1, -0.05) is 38.1 Å². The van der Waals surface area contributed by atoms with Crippen LogP contribution in [0.4, 0.5) is 0 Å². The molecule has 2 rings (SSSR count). The van der Waals surface area contributed by atoms with Crippen molar-refractivity contribution in [2.75, 3.05) is 5.88 Å². The summed E-state index contributed by atoms with van der Waals surface area (Å²) >= 11 is 5.83. The topological polar surface area (TPSA) is 0 Å². The first-order valence-electron chi connectivity index (χ1n) is 5.38. The number of hydrogen-bond donors (Lipinski definition) is 0. The second kappa shape index (κ2) is 3.94. The van der Waals surface area contributed by atoms with Gasteiger partial charge >= 0.3 is 0 Å². The summed E-state index contributed by atoms with van der Waals surface area (Å²) in [6, 6.07) is 9.05. The highest BCUT2D eigenvalue weighted by Gasteiger charge is 2.37. The van der Waals surface area contributed by atoms with Crippen molar-refractivity contribution >= 4 is 11.6 Å². The molecule has 0 bridgehead atoms. The summed E-state index contributed by atoms with van der Waals surface area (Å²) in [4.78, 5) is 0. The van der Waals surface area contributed by atoms with Crippen LogP contribution in [0.1, 0.15) is 43.2 Å². The molecule has 1 fully saturated rings. The summed E-state index contributed by atoms with van der Waals surface area (Å²) in [5, 5.41) is 0. The van der Waals surface area contributed by atoms with Crippen LogP contribution in [0.3, 0.4) is 0 Å². The van der Waals surface area contributed by atoms with E-state index in [0.717, 1.165) is 17.7 Å². The monoisotopic (exact) mass is 208 g/mol. The van der Waals surface area contributed by atoms with Crippen molar-refractivity contribution in [3.63, 3.8) is 0 Å². The Labute approximate surface area is 91.3 Å². The van der Waals surface area contributed by atoms with E-state index in [1.54, 1.807) is 0 Å². The van der Waals surface area contributed by atoms with Gasteiger partial charge in [-0.3, -0.25) is 0 Å². The highest BCUT2D eigenvalue weighted by Crippen LogP contribution is 2.48. The van der Waals surface area contributed by atoms with Gasteiger partial charge in [0.05, 0.1) is 0 Å². The third kappa shape index (κ3) is 1.95. The molecule has 0 aliphatic heterocycles. The molecule has 0 saturated heterocycles. The number of halogens is 1. The summed E-state index contributed by atoms with van der Waals surface area (Å²) in [7, 11) is 0. The van der Waals surface area contributed by atoms with E-state index in [9.17, 15) is 0 Å². The Balaban J connectivity index is 2.08. The molecule has 14 heavy (non-hydrogen) atoms. The van der Waals surface area contributed by atoms with Crippen molar-refractivity contribution in [1.29, 1.82) is 0 Å². The third-order valence-electron chi connectivity index (χ3n) is 3.15. The molecular formula is C13H17Cl. The molecule has 76 valence electrons. The van der Waals surface area contributed by atoms with Gasteiger partial charge in [0.25, 0.3) is 0 Å². The van der Waals surface area contributed by atoms with Gasteiger partial charge in [-0.15, -0.1) is 11.6 Å². The van der Waals surface area contributed by atoms with Crippen LogP contribution in [-0.2, 0) is 0 Å². The Hall–Kier alpha value is -0.490. The summed E-state index contributed by atoms with van der Waals surface area (Å²) < 4.78 is 0. The summed E-state index contributed by atoms with van der Waals surface area (Å²) in [5.41, 5.74) is 2.90. The number of benzene rings is 1. The van der Waals surface area contributed by atoms with Gasteiger partial charge in [-0.25, -0.2) is 0 Å². The van der Waals surface area contributed by atoms with E-state index in [1.807, 2.05) is 0 Å². The second-order valence-corrected chi connectivity index (χ2v) is 4.89. The average Bonchev–Trinajstić information content (AvgIpc) is 2.97. The van der Waals surface area contributed by atoms with Gasteiger partial charge in [0.2, 0.25) is 0 Å². The molecule has 0 radical (unpaired) electrons. The number of alkyl halides is 1. The lowest BCUT2D eigenvalue weighted by atomic mass is 10.00. The second-order valence-electron chi connectivity index (χ2n) is 4.58. The van der Waals surface area contributed by atoms with Crippen molar-refractivity contribution in [3.8, 4) is 0 Å². The van der Waals surface area contributed by atoms with Crippen LogP contribution < -0.4 is 0 Å². The minimum atomic E-state index is 0.632. The third-order valence-corrected chi connectivity index (χ3v) is 3.55. The van der Waals surface area contributed by atoms with Gasteiger partial charge in [0.15, 0.2) is 0 Å². The van der Waals surface area contributed by atoms with Gasteiger partial charge in [0, 0.05) is 5.88 Å². The lowest BCUT2D eigenvalue weighted by Gasteiger charge is -2.06. The molecule has 0 nitrogen and oxygen atoms in total. The first-order chi connectivity index (χ1) is 6.72.